The van der Waals surface area contributed by atoms with Crippen molar-refractivity contribution < 1.29 is 5.21 Å². The standard InChI is InChI=1S/C9H19N3O/c1-2-5-9(6-3-4-7-9)11-8(10)12-13/h13H,2-7H2,1H3,(H3,10,11,12). The Labute approximate surface area is 79.2 Å². The molecule has 1 aliphatic rings. The molecule has 0 aromatic heterocycles. The Bertz CT molecular complexity index is 185. The van der Waals surface area contributed by atoms with Gasteiger partial charge in [-0.05, 0) is 19.3 Å². The fraction of sp³-hybridized carbons (Fsp3) is 0.889. The van der Waals surface area contributed by atoms with Crippen LogP contribution in [0, 0.1) is 0 Å². The smallest absolute Gasteiger partial charge is 0.213 e. The summed E-state index contributed by atoms with van der Waals surface area (Å²) in [4.78, 5) is 4.35. The number of guanidine groups is 1. The summed E-state index contributed by atoms with van der Waals surface area (Å²) in [7, 11) is 0. The van der Waals surface area contributed by atoms with Crippen molar-refractivity contribution >= 4 is 5.96 Å². The van der Waals surface area contributed by atoms with E-state index in [4.69, 9.17) is 10.9 Å². The van der Waals surface area contributed by atoms with E-state index in [0.717, 1.165) is 25.7 Å². The second kappa shape index (κ2) is 4.46. The Balaban J connectivity index is 2.66. The Morgan fingerprint density at radius 2 is 2.15 bits per heavy atom. The molecule has 0 aliphatic heterocycles. The van der Waals surface area contributed by atoms with Crippen LogP contribution in [-0.2, 0) is 0 Å². The summed E-state index contributed by atoms with van der Waals surface area (Å²) >= 11 is 0. The van der Waals surface area contributed by atoms with Gasteiger partial charge in [0, 0.05) is 0 Å². The van der Waals surface area contributed by atoms with Crippen LogP contribution in [0.4, 0.5) is 0 Å². The molecule has 0 amide bonds. The van der Waals surface area contributed by atoms with E-state index in [1.54, 1.807) is 0 Å². The highest BCUT2D eigenvalue weighted by molar-refractivity contribution is 5.77. The van der Waals surface area contributed by atoms with Crippen molar-refractivity contribution in [1.82, 2.24) is 5.48 Å². The molecule has 1 fully saturated rings. The fourth-order valence-electron chi connectivity index (χ4n) is 2.20. The molecular weight excluding hydrogens is 166 g/mol. The Morgan fingerprint density at radius 1 is 1.54 bits per heavy atom. The predicted octanol–water partition coefficient (Wildman–Crippen LogP) is 1.39. The first kappa shape index (κ1) is 10.3. The van der Waals surface area contributed by atoms with E-state index in [9.17, 15) is 0 Å². The van der Waals surface area contributed by atoms with Crippen molar-refractivity contribution in [3.8, 4) is 0 Å². The van der Waals surface area contributed by atoms with Crippen LogP contribution in [0.25, 0.3) is 0 Å². The topological polar surface area (TPSA) is 70.6 Å². The molecule has 76 valence electrons. The first-order valence-corrected chi connectivity index (χ1v) is 4.98. The zero-order chi connectivity index (χ0) is 9.73. The molecule has 0 heterocycles. The normalized spacial score (nSPS) is 21.8. The van der Waals surface area contributed by atoms with Crippen molar-refractivity contribution in [2.45, 2.75) is 51.0 Å². The molecular formula is C9H19N3O. The first-order chi connectivity index (χ1) is 6.22. The summed E-state index contributed by atoms with van der Waals surface area (Å²) in [6.07, 6.45) is 6.83. The Kier molecular flexibility index (Phi) is 3.54. The lowest BCUT2D eigenvalue weighted by Crippen LogP contribution is -2.34. The highest BCUT2D eigenvalue weighted by Gasteiger charge is 2.32. The molecule has 4 nitrogen and oxygen atoms in total. The molecule has 0 aromatic carbocycles. The Morgan fingerprint density at radius 3 is 2.62 bits per heavy atom. The second-order valence-corrected chi connectivity index (χ2v) is 3.79. The highest BCUT2D eigenvalue weighted by Crippen LogP contribution is 2.36. The van der Waals surface area contributed by atoms with Crippen LogP contribution in [0.2, 0.25) is 0 Å². The zero-order valence-corrected chi connectivity index (χ0v) is 8.21. The molecule has 1 rings (SSSR count). The summed E-state index contributed by atoms with van der Waals surface area (Å²) in [6.45, 7) is 2.15. The second-order valence-electron chi connectivity index (χ2n) is 3.79. The number of nitrogens with zero attached hydrogens (tertiary/aromatic N) is 1. The minimum Gasteiger partial charge on any atom is -0.368 e. The Hall–Kier alpha value is -0.770. The van der Waals surface area contributed by atoms with Crippen LogP contribution in [0.5, 0.6) is 0 Å². The van der Waals surface area contributed by atoms with Gasteiger partial charge >= 0.3 is 0 Å². The lowest BCUT2D eigenvalue weighted by molar-refractivity contribution is 0.230. The summed E-state index contributed by atoms with van der Waals surface area (Å²) in [5, 5.41) is 8.57. The molecule has 1 aliphatic carbocycles. The maximum absolute atomic E-state index is 8.57. The first-order valence-electron chi connectivity index (χ1n) is 4.98. The number of nitrogens with two attached hydrogens (primary N) is 1. The van der Waals surface area contributed by atoms with Gasteiger partial charge in [-0.3, -0.25) is 5.21 Å². The van der Waals surface area contributed by atoms with E-state index in [-0.39, 0.29) is 11.5 Å². The largest absolute Gasteiger partial charge is 0.368 e. The molecule has 0 unspecified atom stereocenters. The van der Waals surface area contributed by atoms with Crippen molar-refractivity contribution in [1.29, 1.82) is 0 Å². The minimum atomic E-state index is 0.00850. The van der Waals surface area contributed by atoms with Crippen LogP contribution in [0.1, 0.15) is 45.4 Å². The molecule has 0 bridgehead atoms. The van der Waals surface area contributed by atoms with Gasteiger partial charge < -0.3 is 5.73 Å². The third kappa shape index (κ3) is 2.59. The molecule has 4 N–H and O–H groups in total. The van der Waals surface area contributed by atoms with Crippen LogP contribution in [-0.4, -0.2) is 16.7 Å². The van der Waals surface area contributed by atoms with Crippen molar-refractivity contribution in [3.05, 3.63) is 0 Å². The van der Waals surface area contributed by atoms with Gasteiger partial charge in [-0.25, -0.2) is 10.5 Å². The maximum atomic E-state index is 8.57. The lowest BCUT2D eigenvalue weighted by atomic mass is 9.93. The van der Waals surface area contributed by atoms with E-state index >= 15 is 0 Å². The van der Waals surface area contributed by atoms with Gasteiger partial charge in [0.2, 0.25) is 5.96 Å². The van der Waals surface area contributed by atoms with Crippen LogP contribution in [0.3, 0.4) is 0 Å². The number of rotatable bonds is 3. The quantitative estimate of drug-likeness (QED) is 0.353. The third-order valence-corrected chi connectivity index (χ3v) is 2.72. The fourth-order valence-corrected chi connectivity index (χ4v) is 2.20. The number of aliphatic imine (C=N–C) groups is 1. The maximum Gasteiger partial charge on any atom is 0.213 e. The molecule has 0 atom stereocenters. The van der Waals surface area contributed by atoms with Gasteiger partial charge in [-0.2, -0.15) is 0 Å². The number of nitrogens with one attached hydrogen (secondary N) is 1. The van der Waals surface area contributed by atoms with Gasteiger partial charge in [0.1, 0.15) is 0 Å². The van der Waals surface area contributed by atoms with Gasteiger partial charge in [-0.1, -0.05) is 26.2 Å². The van der Waals surface area contributed by atoms with Gasteiger partial charge in [0.25, 0.3) is 0 Å². The van der Waals surface area contributed by atoms with E-state index in [2.05, 4.69) is 11.9 Å². The summed E-state index contributed by atoms with van der Waals surface area (Å²) < 4.78 is 0. The molecule has 1 saturated carbocycles. The van der Waals surface area contributed by atoms with Crippen LogP contribution < -0.4 is 11.2 Å². The van der Waals surface area contributed by atoms with Gasteiger partial charge in [0.15, 0.2) is 0 Å². The predicted molar refractivity (Wildman–Crippen MR) is 52.7 cm³/mol. The number of hydrogen-bond donors (Lipinski definition) is 3. The molecule has 0 saturated heterocycles. The van der Waals surface area contributed by atoms with Gasteiger partial charge in [-0.15, -0.1) is 0 Å². The minimum absolute atomic E-state index is 0.00850. The lowest BCUT2D eigenvalue weighted by Gasteiger charge is -2.23. The molecule has 4 heteroatoms. The van der Waals surface area contributed by atoms with E-state index in [1.807, 2.05) is 5.48 Å². The van der Waals surface area contributed by atoms with E-state index < -0.39 is 0 Å². The SMILES string of the molecule is CCCC1(N=C(N)NO)CCCC1. The summed E-state index contributed by atoms with van der Waals surface area (Å²) in [5.74, 6) is 0.148. The average Bonchev–Trinajstić information content (AvgIpc) is 2.54. The van der Waals surface area contributed by atoms with Crippen molar-refractivity contribution in [2.75, 3.05) is 0 Å². The molecule has 0 aromatic rings. The molecule has 0 radical (unpaired) electrons. The zero-order valence-electron chi connectivity index (χ0n) is 8.21. The summed E-state index contributed by atoms with van der Waals surface area (Å²) in [6, 6.07) is 0. The monoisotopic (exact) mass is 185 g/mol. The van der Waals surface area contributed by atoms with E-state index in [1.165, 1.54) is 12.8 Å². The molecule has 13 heavy (non-hydrogen) atoms. The number of hydroxylamine groups is 1. The van der Waals surface area contributed by atoms with E-state index in [0.29, 0.717) is 0 Å². The van der Waals surface area contributed by atoms with Crippen molar-refractivity contribution in [3.63, 3.8) is 0 Å². The third-order valence-electron chi connectivity index (χ3n) is 2.72. The molecule has 0 spiro atoms. The number of hydrogen-bond acceptors (Lipinski definition) is 2. The summed E-state index contributed by atoms with van der Waals surface area (Å²) in [5.41, 5.74) is 7.37. The highest BCUT2D eigenvalue weighted by atomic mass is 16.5. The van der Waals surface area contributed by atoms with Crippen LogP contribution >= 0.6 is 0 Å². The van der Waals surface area contributed by atoms with Gasteiger partial charge in [0.05, 0.1) is 5.54 Å². The average molecular weight is 185 g/mol. The van der Waals surface area contributed by atoms with Crippen LogP contribution in [0.15, 0.2) is 4.99 Å². The van der Waals surface area contributed by atoms with Crippen molar-refractivity contribution in [2.24, 2.45) is 10.7 Å².